The van der Waals surface area contributed by atoms with Crippen LogP contribution in [0.3, 0.4) is 0 Å². The van der Waals surface area contributed by atoms with Crippen molar-refractivity contribution >= 4 is 66.2 Å². The van der Waals surface area contributed by atoms with Crippen LogP contribution in [0, 0.1) is 13.8 Å². The lowest BCUT2D eigenvalue weighted by Crippen LogP contribution is -2.30. The van der Waals surface area contributed by atoms with E-state index in [1.807, 2.05) is 111 Å². The zero-order valence-electron chi connectivity index (χ0n) is 35.6. The maximum atomic E-state index is 12.8. The number of carbonyl (C=O) groups is 2. The van der Waals surface area contributed by atoms with E-state index in [4.69, 9.17) is 0 Å². The summed E-state index contributed by atoms with van der Waals surface area (Å²) >= 11 is 0. The van der Waals surface area contributed by atoms with Crippen molar-refractivity contribution in [1.82, 2.24) is 0 Å². The van der Waals surface area contributed by atoms with Crippen LogP contribution >= 0.6 is 0 Å². The summed E-state index contributed by atoms with van der Waals surface area (Å²) in [5.41, 5.74) is 7.96. The molecule has 0 atom stereocenters. The van der Waals surface area contributed by atoms with Crippen LogP contribution in [-0.4, -0.2) is 37.8 Å². The van der Waals surface area contributed by atoms with Crippen molar-refractivity contribution in [3.8, 4) is 0 Å². The number of anilines is 6. The minimum Gasteiger partial charge on any atom is -0.744 e. The number of nitrogens with zero attached hydrogens (tertiary/aromatic N) is 2. The SMILES string of the molecule is CC[n+]1ccc(Nc2ccc(NC(=O)c3ccc(C(=O)Nc4ccc(Nc5cc[n+](CC)cc5)cc4)cc3)cc2)cc1.Cc1ccc(S(=O)(=O)[O-])cc1.Cc1ccc(S(=O)(=O)[O-])cc1. The predicted molar refractivity (Wildman–Crippen MR) is 245 cm³/mol. The zero-order valence-corrected chi connectivity index (χ0v) is 37.2. The monoisotopic (exact) mass is 900 g/mol. The van der Waals surface area contributed by atoms with Gasteiger partial charge in [0.05, 0.1) is 21.2 Å². The van der Waals surface area contributed by atoms with Gasteiger partial charge in [-0.2, -0.15) is 0 Å². The van der Waals surface area contributed by atoms with E-state index in [9.17, 15) is 35.5 Å². The number of aromatic nitrogens is 2. The largest absolute Gasteiger partial charge is 0.744 e. The minimum atomic E-state index is -4.27. The number of carbonyl (C=O) groups excluding carboxylic acids is 2. The Morgan fingerprint density at radius 3 is 0.953 bits per heavy atom. The first kappa shape index (κ1) is 47.8. The van der Waals surface area contributed by atoms with Gasteiger partial charge in [0.15, 0.2) is 24.8 Å². The van der Waals surface area contributed by atoms with E-state index in [-0.39, 0.29) is 21.6 Å². The first-order valence-electron chi connectivity index (χ1n) is 20.0. The summed E-state index contributed by atoms with van der Waals surface area (Å²) in [6.07, 6.45) is 8.09. The number of aryl methyl sites for hydroxylation is 4. The van der Waals surface area contributed by atoms with Gasteiger partial charge in [-0.3, -0.25) is 9.59 Å². The third-order valence-corrected chi connectivity index (χ3v) is 11.1. The zero-order chi connectivity index (χ0) is 46.3. The Labute approximate surface area is 373 Å². The molecule has 0 radical (unpaired) electrons. The Morgan fingerprint density at radius 1 is 0.422 bits per heavy atom. The number of pyridine rings is 2. The second-order valence-corrected chi connectivity index (χ2v) is 17.0. The van der Waals surface area contributed by atoms with E-state index in [1.165, 1.54) is 24.3 Å². The summed E-state index contributed by atoms with van der Waals surface area (Å²) in [6.45, 7) is 9.68. The highest BCUT2D eigenvalue weighted by Gasteiger charge is 2.11. The molecule has 2 aromatic heterocycles. The van der Waals surface area contributed by atoms with Gasteiger partial charge in [-0.1, -0.05) is 35.4 Å². The summed E-state index contributed by atoms with van der Waals surface area (Å²) in [7, 11) is -8.54. The molecule has 5 aromatic carbocycles. The molecule has 0 saturated carbocycles. The number of hydrogen-bond donors (Lipinski definition) is 4. The molecule has 0 saturated heterocycles. The summed E-state index contributed by atoms with van der Waals surface area (Å²) in [5.74, 6) is -0.498. The molecule has 0 aliphatic rings. The summed E-state index contributed by atoms with van der Waals surface area (Å²) in [6, 6.07) is 41.3. The molecule has 0 aliphatic heterocycles. The highest BCUT2D eigenvalue weighted by molar-refractivity contribution is 7.86. The van der Waals surface area contributed by atoms with Crippen molar-refractivity contribution in [2.24, 2.45) is 0 Å². The van der Waals surface area contributed by atoms with Gasteiger partial charge in [0.2, 0.25) is 0 Å². The summed E-state index contributed by atoms with van der Waals surface area (Å²) < 4.78 is 66.5. The molecule has 2 heterocycles. The molecule has 14 nitrogen and oxygen atoms in total. The van der Waals surface area contributed by atoms with E-state index < -0.39 is 20.2 Å². The summed E-state index contributed by atoms with van der Waals surface area (Å²) in [4.78, 5) is 25.2. The predicted octanol–water partition coefficient (Wildman–Crippen LogP) is 8.09. The Kier molecular flexibility index (Phi) is 16.6. The second-order valence-electron chi connectivity index (χ2n) is 14.3. The van der Waals surface area contributed by atoms with Gasteiger partial charge in [-0.15, -0.1) is 0 Å². The van der Waals surface area contributed by atoms with Crippen LogP contribution in [-0.2, 0) is 33.3 Å². The third-order valence-electron chi connectivity index (χ3n) is 9.40. The fourth-order valence-electron chi connectivity index (χ4n) is 5.70. The molecule has 0 fully saturated rings. The van der Waals surface area contributed by atoms with Crippen LogP contribution < -0.4 is 30.4 Å². The highest BCUT2D eigenvalue weighted by Crippen LogP contribution is 2.21. The van der Waals surface area contributed by atoms with Crippen molar-refractivity contribution in [3.63, 3.8) is 0 Å². The molecule has 330 valence electrons. The van der Waals surface area contributed by atoms with E-state index in [1.54, 1.807) is 48.5 Å². The van der Waals surface area contributed by atoms with Crippen molar-refractivity contribution < 1.29 is 44.7 Å². The number of rotatable bonds is 12. The molecule has 0 bridgehead atoms. The van der Waals surface area contributed by atoms with E-state index in [0.717, 1.165) is 47.0 Å². The summed E-state index contributed by atoms with van der Waals surface area (Å²) in [5, 5.41) is 12.5. The fourth-order valence-corrected chi connectivity index (χ4v) is 6.64. The van der Waals surface area contributed by atoms with Crippen molar-refractivity contribution in [3.05, 3.63) is 193 Å². The highest BCUT2D eigenvalue weighted by atomic mass is 32.2. The average Bonchev–Trinajstić information content (AvgIpc) is 3.28. The Hall–Kier alpha value is -7.24. The van der Waals surface area contributed by atoms with Gasteiger partial charge in [0.25, 0.3) is 11.8 Å². The van der Waals surface area contributed by atoms with Crippen LogP contribution in [0.4, 0.5) is 34.1 Å². The van der Waals surface area contributed by atoms with Crippen LogP contribution in [0.15, 0.2) is 180 Å². The number of nitrogens with one attached hydrogen (secondary N) is 4. The molecular formula is C48H48N6O8S2. The maximum absolute atomic E-state index is 12.8. The first-order valence-corrected chi connectivity index (χ1v) is 22.8. The van der Waals surface area contributed by atoms with Crippen molar-refractivity contribution in [2.75, 3.05) is 21.3 Å². The molecule has 7 rings (SSSR count). The number of benzene rings is 5. The molecule has 64 heavy (non-hydrogen) atoms. The van der Waals surface area contributed by atoms with Gasteiger partial charge in [-0.25, -0.2) is 26.0 Å². The molecule has 2 amide bonds. The van der Waals surface area contributed by atoms with Gasteiger partial charge in [0.1, 0.15) is 33.3 Å². The Balaban J connectivity index is 0.000000284. The van der Waals surface area contributed by atoms with Crippen LogP contribution in [0.1, 0.15) is 45.7 Å². The van der Waals surface area contributed by atoms with Crippen LogP contribution in [0.25, 0.3) is 0 Å². The topological polar surface area (TPSA) is 204 Å². The lowest BCUT2D eigenvalue weighted by molar-refractivity contribution is -0.693. The van der Waals surface area contributed by atoms with Gasteiger partial charge in [-0.05, 0) is 125 Å². The van der Waals surface area contributed by atoms with Gasteiger partial charge >= 0.3 is 0 Å². The molecule has 7 aromatic rings. The molecule has 0 spiro atoms. The number of hydrogen-bond acceptors (Lipinski definition) is 10. The first-order chi connectivity index (χ1) is 30.5. The molecule has 4 N–H and O–H groups in total. The Bertz CT molecular complexity index is 2640. The van der Waals surface area contributed by atoms with Gasteiger partial charge < -0.3 is 30.4 Å². The second kappa shape index (κ2) is 22.2. The van der Waals surface area contributed by atoms with Crippen LogP contribution in [0.2, 0.25) is 0 Å². The molecule has 0 aliphatic carbocycles. The average molecular weight is 901 g/mol. The maximum Gasteiger partial charge on any atom is 0.255 e. The van der Waals surface area contributed by atoms with Crippen molar-refractivity contribution in [2.45, 2.75) is 50.6 Å². The van der Waals surface area contributed by atoms with E-state index >= 15 is 0 Å². The van der Waals surface area contributed by atoms with E-state index in [2.05, 4.69) is 44.2 Å². The fraction of sp³-hybridized carbons (Fsp3) is 0.125. The Morgan fingerprint density at radius 2 is 0.688 bits per heavy atom. The van der Waals surface area contributed by atoms with E-state index in [0.29, 0.717) is 22.5 Å². The smallest absolute Gasteiger partial charge is 0.255 e. The standard InChI is InChI=1S/C34H32N6O2.2C7H8O3S/c1-3-39-21-17-31(18-22-39)35-27-9-13-29(14-10-27)37-33(41)25-5-7-26(8-6-25)34(42)38-30-15-11-28(12-16-30)36-32-19-23-40(4-2)24-20-32;2*1-6-2-4-7(5-3-6)11(8,9)10/h5-24H,3-4H2,1-2H3,(H2,37,38,41,42);2*2-5H,1H3,(H,8,9,10). The molecule has 16 heteroatoms. The van der Waals surface area contributed by atoms with Crippen LogP contribution in [0.5, 0.6) is 0 Å². The molecular weight excluding hydrogens is 853 g/mol. The third kappa shape index (κ3) is 15.0. The molecule has 0 unspecified atom stereocenters. The van der Waals surface area contributed by atoms with Crippen molar-refractivity contribution in [1.29, 1.82) is 0 Å². The van der Waals surface area contributed by atoms with Gasteiger partial charge in [0, 0.05) is 58.1 Å². The lowest BCUT2D eigenvalue weighted by atomic mass is 10.1. The number of amides is 2. The lowest BCUT2D eigenvalue weighted by Gasteiger charge is -2.10. The minimum absolute atomic E-state index is 0.178. The quantitative estimate of drug-likeness (QED) is 0.0685. The normalized spacial score (nSPS) is 10.8.